The Balaban J connectivity index is 0.00000484. The number of aliphatic hydroxyl groups is 1. The number of aromatic nitrogens is 2. The van der Waals surface area contributed by atoms with E-state index in [0.29, 0.717) is 0 Å². The highest BCUT2D eigenvalue weighted by Crippen LogP contribution is 2.19. The van der Waals surface area contributed by atoms with Crippen LogP contribution in [0.1, 0.15) is 25.8 Å². The minimum absolute atomic E-state index is 0. The number of guanidine groups is 1. The van der Waals surface area contributed by atoms with E-state index < -0.39 is 5.60 Å². The quantitative estimate of drug-likeness (QED) is 0.242. The first kappa shape index (κ1) is 22.1. The molecule has 3 N–H and O–H groups in total. The first-order valence-corrected chi connectivity index (χ1v) is 7.73. The van der Waals surface area contributed by atoms with E-state index >= 15 is 0 Å². The van der Waals surface area contributed by atoms with Crippen molar-refractivity contribution in [2.24, 2.45) is 12.0 Å². The van der Waals surface area contributed by atoms with Crippen molar-refractivity contribution < 1.29 is 5.11 Å². The van der Waals surface area contributed by atoms with Crippen LogP contribution in [0.2, 0.25) is 0 Å². The Morgan fingerprint density at radius 1 is 1.43 bits per heavy atom. The molecule has 1 rings (SSSR count). The third-order valence-corrected chi connectivity index (χ3v) is 3.29. The highest BCUT2D eigenvalue weighted by atomic mass is 127. The molecular formula is C15H31IN6O. The van der Waals surface area contributed by atoms with Crippen LogP contribution in [-0.4, -0.2) is 66.0 Å². The molecule has 1 unspecified atom stereocenters. The van der Waals surface area contributed by atoms with Gasteiger partial charge in [-0.05, 0) is 40.9 Å². The topological polar surface area (TPSA) is 77.7 Å². The van der Waals surface area contributed by atoms with Crippen LogP contribution >= 0.6 is 24.0 Å². The number of aliphatic imine (C=N–C) groups is 1. The van der Waals surface area contributed by atoms with Gasteiger partial charge in [0.05, 0.1) is 12.7 Å². The molecule has 0 saturated heterocycles. The van der Waals surface area contributed by atoms with E-state index in [1.165, 1.54) is 0 Å². The molecule has 1 aromatic heterocycles. The summed E-state index contributed by atoms with van der Waals surface area (Å²) in [5.74, 6) is 0.727. The second kappa shape index (κ2) is 10.8. The molecule has 0 amide bonds. The van der Waals surface area contributed by atoms with Crippen molar-refractivity contribution in [1.29, 1.82) is 0 Å². The number of hydrogen-bond donors (Lipinski definition) is 3. The summed E-state index contributed by atoms with van der Waals surface area (Å²) >= 11 is 0. The molecule has 0 aliphatic heterocycles. The van der Waals surface area contributed by atoms with E-state index in [0.717, 1.165) is 37.6 Å². The third-order valence-electron chi connectivity index (χ3n) is 3.29. The summed E-state index contributed by atoms with van der Waals surface area (Å²) in [5.41, 5.74) is -0.262. The Labute approximate surface area is 156 Å². The van der Waals surface area contributed by atoms with E-state index in [4.69, 9.17) is 0 Å². The largest absolute Gasteiger partial charge is 0.383 e. The zero-order chi connectivity index (χ0) is 16.6. The molecule has 8 heteroatoms. The SMILES string of the molecule is CCNC(=NCC(C)(O)c1cnn(C)c1)NCCCN(C)C.I. The maximum atomic E-state index is 10.5. The van der Waals surface area contributed by atoms with Crippen LogP contribution in [0, 0.1) is 0 Å². The van der Waals surface area contributed by atoms with E-state index in [2.05, 4.69) is 39.7 Å². The number of rotatable bonds is 8. The average molecular weight is 438 g/mol. The van der Waals surface area contributed by atoms with Crippen LogP contribution in [-0.2, 0) is 12.6 Å². The molecular weight excluding hydrogens is 407 g/mol. The summed E-state index contributed by atoms with van der Waals surface area (Å²) in [6, 6.07) is 0. The van der Waals surface area contributed by atoms with Gasteiger partial charge in [0.2, 0.25) is 0 Å². The maximum Gasteiger partial charge on any atom is 0.191 e. The van der Waals surface area contributed by atoms with Crippen molar-refractivity contribution in [1.82, 2.24) is 25.3 Å². The first-order valence-electron chi connectivity index (χ1n) is 7.73. The lowest BCUT2D eigenvalue weighted by Crippen LogP contribution is -2.39. The summed E-state index contributed by atoms with van der Waals surface area (Å²) in [5, 5.41) is 21.1. The molecule has 0 aliphatic rings. The van der Waals surface area contributed by atoms with Crippen LogP contribution in [0.4, 0.5) is 0 Å². The zero-order valence-electron chi connectivity index (χ0n) is 14.8. The molecule has 1 heterocycles. The number of hydrogen-bond acceptors (Lipinski definition) is 4. The third kappa shape index (κ3) is 8.52. The molecule has 0 saturated carbocycles. The van der Waals surface area contributed by atoms with Gasteiger partial charge in [-0.3, -0.25) is 4.68 Å². The Hall–Kier alpha value is -0.870. The Morgan fingerprint density at radius 2 is 2.13 bits per heavy atom. The number of nitrogens with zero attached hydrogens (tertiary/aromatic N) is 4. The van der Waals surface area contributed by atoms with Crippen LogP contribution in [0.15, 0.2) is 17.4 Å². The van der Waals surface area contributed by atoms with Crippen molar-refractivity contribution in [3.63, 3.8) is 0 Å². The lowest BCUT2D eigenvalue weighted by atomic mass is 10.0. The van der Waals surface area contributed by atoms with Gasteiger partial charge in [0.1, 0.15) is 5.60 Å². The van der Waals surface area contributed by atoms with Gasteiger partial charge in [-0.2, -0.15) is 5.10 Å². The summed E-state index contributed by atoms with van der Waals surface area (Å²) in [6.07, 6.45) is 4.52. The van der Waals surface area contributed by atoms with Crippen molar-refractivity contribution in [3.05, 3.63) is 18.0 Å². The predicted molar refractivity (Wildman–Crippen MR) is 105 cm³/mol. The fourth-order valence-corrected chi connectivity index (χ4v) is 1.97. The van der Waals surface area contributed by atoms with E-state index in [1.54, 1.807) is 17.8 Å². The number of halogens is 1. The maximum absolute atomic E-state index is 10.5. The van der Waals surface area contributed by atoms with Gasteiger partial charge < -0.3 is 20.6 Å². The lowest BCUT2D eigenvalue weighted by molar-refractivity contribution is 0.0672. The highest BCUT2D eigenvalue weighted by molar-refractivity contribution is 14.0. The Morgan fingerprint density at radius 3 is 2.65 bits per heavy atom. The fourth-order valence-electron chi connectivity index (χ4n) is 1.97. The average Bonchev–Trinajstić information content (AvgIpc) is 2.88. The summed E-state index contributed by atoms with van der Waals surface area (Å²) < 4.78 is 1.68. The molecule has 0 spiro atoms. The fraction of sp³-hybridized carbons (Fsp3) is 0.733. The minimum atomic E-state index is -1.03. The highest BCUT2D eigenvalue weighted by Gasteiger charge is 2.24. The van der Waals surface area contributed by atoms with Gasteiger partial charge in [-0.25, -0.2) is 4.99 Å². The molecule has 7 nitrogen and oxygen atoms in total. The van der Waals surface area contributed by atoms with Crippen LogP contribution < -0.4 is 10.6 Å². The van der Waals surface area contributed by atoms with E-state index in [9.17, 15) is 5.11 Å². The molecule has 23 heavy (non-hydrogen) atoms. The molecule has 0 bridgehead atoms. The van der Waals surface area contributed by atoms with Crippen LogP contribution in [0.5, 0.6) is 0 Å². The predicted octanol–water partition coefficient (Wildman–Crippen LogP) is 0.752. The Bertz CT molecular complexity index is 472. The van der Waals surface area contributed by atoms with Crippen LogP contribution in [0.25, 0.3) is 0 Å². The molecule has 1 aromatic rings. The van der Waals surface area contributed by atoms with Gasteiger partial charge in [0, 0.05) is 31.9 Å². The van der Waals surface area contributed by atoms with Crippen molar-refractivity contribution >= 4 is 29.9 Å². The molecule has 0 aliphatic carbocycles. The second-order valence-electron chi connectivity index (χ2n) is 5.96. The van der Waals surface area contributed by atoms with Gasteiger partial charge in [-0.15, -0.1) is 24.0 Å². The van der Waals surface area contributed by atoms with Crippen molar-refractivity contribution in [2.45, 2.75) is 25.9 Å². The van der Waals surface area contributed by atoms with Gasteiger partial charge in [0.15, 0.2) is 5.96 Å². The standard InChI is InChI=1S/C15H30N6O.HI/c1-6-16-14(17-8-7-9-20(3)4)18-12-15(2,22)13-10-19-21(5)11-13;/h10-11,22H,6-9,12H2,1-5H3,(H2,16,17,18);1H. The van der Waals surface area contributed by atoms with Gasteiger partial charge in [0.25, 0.3) is 0 Å². The second-order valence-corrected chi connectivity index (χ2v) is 5.96. The number of nitrogens with one attached hydrogen (secondary N) is 2. The summed E-state index contributed by atoms with van der Waals surface area (Å²) in [7, 11) is 5.95. The van der Waals surface area contributed by atoms with Crippen LogP contribution in [0.3, 0.4) is 0 Å². The normalized spacial score (nSPS) is 14.3. The molecule has 1 atom stereocenters. The molecule has 0 fully saturated rings. The van der Waals surface area contributed by atoms with E-state index in [1.807, 2.05) is 20.2 Å². The van der Waals surface area contributed by atoms with Crippen molar-refractivity contribution in [3.8, 4) is 0 Å². The van der Waals surface area contributed by atoms with Crippen molar-refractivity contribution in [2.75, 3.05) is 40.3 Å². The van der Waals surface area contributed by atoms with E-state index in [-0.39, 0.29) is 30.5 Å². The molecule has 134 valence electrons. The summed E-state index contributed by atoms with van der Waals surface area (Å²) in [4.78, 5) is 6.63. The first-order chi connectivity index (χ1) is 10.3. The van der Waals surface area contributed by atoms with Gasteiger partial charge >= 0.3 is 0 Å². The monoisotopic (exact) mass is 438 g/mol. The minimum Gasteiger partial charge on any atom is -0.383 e. The molecule has 0 radical (unpaired) electrons. The summed E-state index contributed by atoms with van der Waals surface area (Å²) in [6.45, 7) is 6.72. The number of aryl methyl sites for hydroxylation is 1. The lowest BCUT2D eigenvalue weighted by Gasteiger charge is -2.20. The molecule has 0 aromatic carbocycles. The Kier molecular flexibility index (Phi) is 10.4. The van der Waals surface area contributed by atoms with Gasteiger partial charge in [-0.1, -0.05) is 0 Å². The zero-order valence-corrected chi connectivity index (χ0v) is 17.2. The smallest absolute Gasteiger partial charge is 0.191 e.